The van der Waals surface area contributed by atoms with E-state index < -0.39 is 4.84 Å². The van der Waals surface area contributed by atoms with E-state index >= 15 is 0 Å². The third-order valence-electron chi connectivity index (χ3n) is 3.80. The second-order valence-electron chi connectivity index (χ2n) is 5.61. The number of nitrogens with zero attached hydrogens (tertiary/aromatic N) is 5. The molecule has 0 amide bonds. The maximum absolute atomic E-state index is 6.00. The average molecular weight is 370 g/mol. The van der Waals surface area contributed by atoms with Gasteiger partial charge in [-0.1, -0.05) is 53.0 Å². The van der Waals surface area contributed by atoms with Gasteiger partial charge < -0.3 is 0 Å². The summed E-state index contributed by atoms with van der Waals surface area (Å²) in [7, 11) is 0. The van der Waals surface area contributed by atoms with Crippen LogP contribution >= 0.6 is 23.2 Å². The Morgan fingerprint density at radius 1 is 1.00 bits per heavy atom. The summed E-state index contributed by atoms with van der Waals surface area (Å²) in [6.45, 7) is 2.05. The topological polar surface area (TPSA) is 56.0 Å². The van der Waals surface area contributed by atoms with Crippen molar-refractivity contribution in [1.82, 2.24) is 24.6 Å². The van der Waals surface area contributed by atoms with E-state index in [1.54, 1.807) is 16.9 Å². The van der Waals surface area contributed by atoms with Crippen LogP contribution in [0.1, 0.15) is 16.2 Å². The molecule has 0 saturated carbocycles. The van der Waals surface area contributed by atoms with Crippen LogP contribution in [0.15, 0.2) is 54.9 Å². The van der Waals surface area contributed by atoms with Crippen molar-refractivity contribution in [3.63, 3.8) is 0 Å². The lowest BCUT2D eigenvalue weighted by atomic mass is 10.1. The molecule has 7 heteroatoms. The number of hydrogen-bond acceptors (Lipinski definition) is 4. The molecule has 0 saturated heterocycles. The summed E-state index contributed by atoms with van der Waals surface area (Å²) < 4.78 is 1.69. The number of pyridine rings is 1. The first-order chi connectivity index (χ1) is 12.1. The molecule has 0 spiro atoms. The lowest BCUT2D eigenvalue weighted by Gasteiger charge is -2.07. The van der Waals surface area contributed by atoms with Gasteiger partial charge in [-0.15, -0.1) is 0 Å². The molecule has 25 heavy (non-hydrogen) atoms. The zero-order valence-corrected chi connectivity index (χ0v) is 14.8. The van der Waals surface area contributed by atoms with Crippen LogP contribution in [0, 0.1) is 6.92 Å². The first-order valence-corrected chi connectivity index (χ1v) is 8.52. The highest BCUT2D eigenvalue weighted by Crippen LogP contribution is 2.27. The van der Waals surface area contributed by atoms with Crippen LogP contribution in [0.2, 0.25) is 0 Å². The molecule has 0 aliphatic heterocycles. The molecule has 0 atom stereocenters. The van der Waals surface area contributed by atoms with Crippen molar-refractivity contribution in [3.05, 3.63) is 66.2 Å². The van der Waals surface area contributed by atoms with Gasteiger partial charge in [-0.25, -0.2) is 9.97 Å². The Kier molecular flexibility index (Phi) is 4.11. The predicted octanol–water partition coefficient (Wildman–Crippen LogP) is 4.64. The van der Waals surface area contributed by atoms with Gasteiger partial charge in [0, 0.05) is 29.6 Å². The third-order valence-corrected chi connectivity index (χ3v) is 4.19. The summed E-state index contributed by atoms with van der Waals surface area (Å²) in [5, 5.41) is 4.67. The molecule has 124 valence electrons. The van der Waals surface area contributed by atoms with Crippen molar-refractivity contribution >= 4 is 28.8 Å². The van der Waals surface area contributed by atoms with Crippen molar-refractivity contribution in [2.75, 3.05) is 0 Å². The fourth-order valence-corrected chi connectivity index (χ4v) is 2.75. The molecule has 1 aromatic carbocycles. The van der Waals surface area contributed by atoms with Gasteiger partial charge in [0.15, 0.2) is 22.1 Å². The molecular weight excluding hydrogens is 357 g/mol. The maximum atomic E-state index is 6.00. The Bertz CT molecular complexity index is 1030. The van der Waals surface area contributed by atoms with Gasteiger partial charge in [-0.2, -0.15) is 9.61 Å². The Labute approximate surface area is 154 Å². The number of benzene rings is 1. The van der Waals surface area contributed by atoms with Crippen LogP contribution in [-0.4, -0.2) is 24.6 Å². The van der Waals surface area contributed by atoms with Crippen LogP contribution in [0.3, 0.4) is 0 Å². The standard InChI is InChI=1S/C18H13Cl2N5/c1-11-4-6-12(7-5-11)14-9-15-22-17(16(19)20)23-18(25(15)24-14)13-3-2-8-21-10-13/h2-10,16H,1H3. The predicted molar refractivity (Wildman–Crippen MR) is 98.6 cm³/mol. The molecule has 0 aliphatic rings. The highest BCUT2D eigenvalue weighted by molar-refractivity contribution is 6.43. The SMILES string of the molecule is Cc1ccc(-c2cc3nc(C(Cl)Cl)nc(-c4cccnc4)n3n2)cc1. The minimum atomic E-state index is -0.821. The van der Waals surface area contributed by atoms with E-state index in [0.29, 0.717) is 17.3 Å². The fraction of sp³-hybridized carbons (Fsp3) is 0.111. The molecule has 0 bridgehead atoms. The summed E-state index contributed by atoms with van der Waals surface area (Å²) in [5.74, 6) is 0.933. The van der Waals surface area contributed by atoms with E-state index in [1.807, 2.05) is 49.4 Å². The Balaban J connectivity index is 1.95. The number of halogens is 2. The van der Waals surface area contributed by atoms with Crippen LogP contribution < -0.4 is 0 Å². The van der Waals surface area contributed by atoms with E-state index in [2.05, 4.69) is 20.1 Å². The van der Waals surface area contributed by atoms with Gasteiger partial charge in [0.1, 0.15) is 0 Å². The van der Waals surface area contributed by atoms with Gasteiger partial charge in [-0.05, 0) is 19.1 Å². The number of hydrogen-bond donors (Lipinski definition) is 0. The highest BCUT2D eigenvalue weighted by atomic mass is 35.5. The number of alkyl halides is 2. The largest absolute Gasteiger partial charge is 0.264 e. The molecule has 4 rings (SSSR count). The van der Waals surface area contributed by atoms with E-state index in [1.165, 1.54) is 5.56 Å². The van der Waals surface area contributed by atoms with Gasteiger partial charge in [0.05, 0.1) is 5.69 Å². The van der Waals surface area contributed by atoms with Crippen LogP contribution in [0.25, 0.3) is 28.3 Å². The maximum Gasteiger partial charge on any atom is 0.167 e. The van der Waals surface area contributed by atoms with Gasteiger partial charge in [-0.3, -0.25) is 4.98 Å². The Morgan fingerprint density at radius 2 is 1.80 bits per heavy atom. The fourth-order valence-electron chi connectivity index (χ4n) is 2.55. The summed E-state index contributed by atoms with van der Waals surface area (Å²) >= 11 is 12.0. The van der Waals surface area contributed by atoms with Crippen LogP contribution in [0.5, 0.6) is 0 Å². The van der Waals surface area contributed by atoms with Gasteiger partial charge in [0.2, 0.25) is 0 Å². The monoisotopic (exact) mass is 369 g/mol. The molecule has 0 fully saturated rings. The molecule has 3 heterocycles. The second-order valence-corrected chi connectivity index (χ2v) is 6.71. The number of aromatic nitrogens is 5. The second kappa shape index (κ2) is 6.43. The lowest BCUT2D eigenvalue weighted by molar-refractivity contribution is 0.872. The van der Waals surface area contributed by atoms with Gasteiger partial charge in [0.25, 0.3) is 0 Å². The minimum Gasteiger partial charge on any atom is -0.264 e. The molecule has 4 aromatic rings. The van der Waals surface area contributed by atoms with Crippen molar-refractivity contribution in [1.29, 1.82) is 0 Å². The van der Waals surface area contributed by atoms with E-state index in [9.17, 15) is 0 Å². The summed E-state index contributed by atoms with van der Waals surface area (Å²) in [5.41, 5.74) is 4.44. The van der Waals surface area contributed by atoms with Crippen molar-refractivity contribution in [3.8, 4) is 22.6 Å². The van der Waals surface area contributed by atoms with E-state index in [-0.39, 0.29) is 0 Å². The van der Waals surface area contributed by atoms with Gasteiger partial charge >= 0.3 is 0 Å². The van der Waals surface area contributed by atoms with Crippen LogP contribution in [0.4, 0.5) is 0 Å². The average Bonchev–Trinajstić information content (AvgIpc) is 3.06. The molecule has 0 unspecified atom stereocenters. The smallest absolute Gasteiger partial charge is 0.167 e. The summed E-state index contributed by atoms with van der Waals surface area (Å²) in [6, 6.07) is 13.8. The number of fused-ring (bicyclic) bond motifs is 1. The molecule has 0 N–H and O–H groups in total. The quantitative estimate of drug-likeness (QED) is 0.493. The zero-order chi connectivity index (χ0) is 17.4. The van der Waals surface area contributed by atoms with E-state index in [0.717, 1.165) is 16.8 Å². The van der Waals surface area contributed by atoms with E-state index in [4.69, 9.17) is 23.2 Å². The van der Waals surface area contributed by atoms with Crippen LogP contribution in [-0.2, 0) is 0 Å². The molecule has 0 aliphatic carbocycles. The summed E-state index contributed by atoms with van der Waals surface area (Å²) in [4.78, 5) is 12.2. The lowest BCUT2D eigenvalue weighted by Crippen LogP contribution is -2.05. The number of aryl methyl sites for hydroxylation is 1. The normalized spacial score (nSPS) is 11.4. The summed E-state index contributed by atoms with van der Waals surface area (Å²) in [6.07, 6.45) is 3.42. The zero-order valence-electron chi connectivity index (χ0n) is 13.3. The molecule has 5 nitrogen and oxygen atoms in total. The Hall–Kier alpha value is -2.50. The van der Waals surface area contributed by atoms with Crippen molar-refractivity contribution in [2.45, 2.75) is 11.8 Å². The third kappa shape index (κ3) is 3.08. The molecule has 3 aromatic heterocycles. The first-order valence-electron chi connectivity index (χ1n) is 7.65. The van der Waals surface area contributed by atoms with Crippen molar-refractivity contribution < 1.29 is 0 Å². The molecule has 0 radical (unpaired) electrons. The Morgan fingerprint density at radius 3 is 2.48 bits per heavy atom. The highest BCUT2D eigenvalue weighted by Gasteiger charge is 2.17. The minimum absolute atomic E-state index is 0.338. The number of rotatable bonds is 3. The van der Waals surface area contributed by atoms with Crippen molar-refractivity contribution in [2.24, 2.45) is 0 Å². The molecular formula is C18H13Cl2N5. The first kappa shape index (κ1) is 16.0.